The van der Waals surface area contributed by atoms with E-state index in [9.17, 15) is 13.2 Å². The number of aromatic nitrogens is 1. The highest BCUT2D eigenvalue weighted by Gasteiger charge is 2.23. The minimum absolute atomic E-state index is 0.0257. The van der Waals surface area contributed by atoms with Crippen LogP contribution in [0, 0.1) is 5.41 Å². The second-order valence-electron chi connectivity index (χ2n) is 5.02. The molecule has 4 N–H and O–H groups in total. The molecule has 19 heavy (non-hydrogen) atoms. The van der Waals surface area contributed by atoms with E-state index in [4.69, 9.17) is 10.2 Å². The first-order valence-corrected chi connectivity index (χ1v) is 7.18. The fourth-order valence-electron chi connectivity index (χ4n) is 1.42. The van der Waals surface area contributed by atoms with Crippen molar-refractivity contribution in [3.63, 3.8) is 0 Å². The van der Waals surface area contributed by atoms with Crippen LogP contribution in [0.5, 0.6) is 0 Å². The summed E-state index contributed by atoms with van der Waals surface area (Å²) in [6, 6.07) is 1.06. The molecule has 1 aromatic rings. The van der Waals surface area contributed by atoms with Gasteiger partial charge in [-0.25, -0.2) is 17.9 Å². The quantitative estimate of drug-likeness (QED) is 0.579. The Balaban J connectivity index is 2.78. The number of sulfonamides is 1. The van der Waals surface area contributed by atoms with Crippen LogP contribution in [0.15, 0.2) is 17.2 Å². The Morgan fingerprint density at radius 2 is 2.11 bits per heavy atom. The molecule has 0 aliphatic carbocycles. The zero-order chi connectivity index (χ0) is 14.7. The summed E-state index contributed by atoms with van der Waals surface area (Å²) in [6.45, 7) is 3.78. The Bertz CT molecular complexity index is 547. The standard InChI is InChI=1S/C11H18N2O5S/c1-11(2,3-4-14)7-13-19(17,18)8-5-9(10(15)16)12-6-8/h5-6,12-14H,3-4,7H2,1-2H3,(H,15,16). The average Bonchev–Trinajstić information content (AvgIpc) is 2.77. The van der Waals surface area contributed by atoms with E-state index in [0.29, 0.717) is 6.42 Å². The van der Waals surface area contributed by atoms with Crippen LogP contribution < -0.4 is 4.72 Å². The number of hydrogen-bond acceptors (Lipinski definition) is 4. The highest BCUT2D eigenvalue weighted by atomic mass is 32.2. The molecule has 0 spiro atoms. The molecule has 8 heteroatoms. The summed E-state index contributed by atoms with van der Waals surface area (Å²) in [7, 11) is -3.75. The van der Waals surface area contributed by atoms with E-state index in [2.05, 4.69) is 9.71 Å². The maximum absolute atomic E-state index is 11.9. The van der Waals surface area contributed by atoms with E-state index in [1.165, 1.54) is 0 Å². The molecule has 1 rings (SSSR count). The van der Waals surface area contributed by atoms with Crippen LogP contribution in [0.4, 0.5) is 0 Å². The SMILES string of the molecule is CC(C)(CCO)CNS(=O)(=O)c1c[nH]c(C(=O)O)c1. The fraction of sp³-hybridized carbons (Fsp3) is 0.545. The zero-order valence-corrected chi connectivity index (χ0v) is 11.6. The maximum Gasteiger partial charge on any atom is 0.352 e. The Morgan fingerprint density at radius 3 is 2.58 bits per heavy atom. The van der Waals surface area contributed by atoms with Crippen molar-refractivity contribution in [1.82, 2.24) is 9.71 Å². The number of aliphatic hydroxyl groups is 1. The number of H-pyrrole nitrogens is 1. The smallest absolute Gasteiger partial charge is 0.352 e. The average molecular weight is 290 g/mol. The minimum Gasteiger partial charge on any atom is -0.477 e. The van der Waals surface area contributed by atoms with Gasteiger partial charge in [0.15, 0.2) is 0 Å². The molecule has 0 aliphatic rings. The number of aliphatic hydroxyl groups excluding tert-OH is 1. The lowest BCUT2D eigenvalue weighted by Crippen LogP contribution is -2.34. The summed E-state index contributed by atoms with van der Waals surface area (Å²) in [6.07, 6.45) is 1.59. The third kappa shape index (κ3) is 4.34. The number of carboxylic acids is 1. The van der Waals surface area contributed by atoms with Gasteiger partial charge in [-0.2, -0.15) is 0 Å². The molecule has 0 unspecified atom stereocenters. The van der Waals surface area contributed by atoms with Gasteiger partial charge in [0, 0.05) is 19.3 Å². The molecule has 7 nitrogen and oxygen atoms in total. The van der Waals surface area contributed by atoms with Crippen molar-refractivity contribution in [2.45, 2.75) is 25.2 Å². The van der Waals surface area contributed by atoms with Crippen LogP contribution in [0.3, 0.4) is 0 Å². The van der Waals surface area contributed by atoms with Crippen LogP contribution >= 0.6 is 0 Å². The number of carboxylic acid groups (broad SMARTS) is 1. The number of hydrogen-bond donors (Lipinski definition) is 4. The van der Waals surface area contributed by atoms with Gasteiger partial charge in [-0.15, -0.1) is 0 Å². The van der Waals surface area contributed by atoms with Crippen molar-refractivity contribution >= 4 is 16.0 Å². The molecular formula is C11H18N2O5S. The van der Waals surface area contributed by atoms with Gasteiger partial charge >= 0.3 is 5.97 Å². The Hall–Kier alpha value is -1.38. The maximum atomic E-state index is 11.9. The molecule has 0 amide bonds. The highest BCUT2D eigenvalue weighted by Crippen LogP contribution is 2.19. The van der Waals surface area contributed by atoms with Crippen molar-refractivity contribution in [3.8, 4) is 0 Å². The number of rotatable bonds is 7. The van der Waals surface area contributed by atoms with Crippen molar-refractivity contribution in [2.24, 2.45) is 5.41 Å². The molecule has 0 atom stereocenters. The number of aromatic carboxylic acids is 1. The summed E-state index contributed by atoms with van der Waals surface area (Å²) in [5, 5.41) is 17.6. The van der Waals surface area contributed by atoms with Gasteiger partial charge in [0.2, 0.25) is 10.0 Å². The van der Waals surface area contributed by atoms with Crippen molar-refractivity contribution in [2.75, 3.05) is 13.2 Å². The normalized spacial score (nSPS) is 12.6. The summed E-state index contributed by atoms with van der Waals surface area (Å²) in [5.41, 5.74) is -0.566. The van der Waals surface area contributed by atoms with Crippen LogP contribution in [0.2, 0.25) is 0 Å². The van der Waals surface area contributed by atoms with E-state index < -0.39 is 16.0 Å². The van der Waals surface area contributed by atoms with E-state index in [-0.39, 0.29) is 29.2 Å². The topological polar surface area (TPSA) is 119 Å². The second kappa shape index (κ2) is 5.72. The molecule has 1 aromatic heterocycles. The third-order valence-corrected chi connectivity index (χ3v) is 4.11. The predicted molar refractivity (Wildman–Crippen MR) is 68.4 cm³/mol. The first-order valence-electron chi connectivity index (χ1n) is 5.70. The molecule has 0 aliphatic heterocycles. The lowest BCUT2D eigenvalue weighted by molar-refractivity contribution is 0.0691. The molecule has 1 heterocycles. The number of aromatic amines is 1. The largest absolute Gasteiger partial charge is 0.477 e. The minimum atomic E-state index is -3.75. The Kier molecular flexibility index (Phi) is 4.72. The molecule has 0 radical (unpaired) electrons. The van der Waals surface area contributed by atoms with Gasteiger partial charge in [-0.3, -0.25) is 0 Å². The van der Waals surface area contributed by atoms with Gasteiger partial charge in [0.25, 0.3) is 0 Å². The molecule has 108 valence electrons. The molecule has 0 bridgehead atoms. The molecule has 0 saturated heterocycles. The van der Waals surface area contributed by atoms with Gasteiger partial charge in [0.05, 0.1) is 0 Å². The van der Waals surface area contributed by atoms with E-state index in [1.807, 2.05) is 13.8 Å². The van der Waals surface area contributed by atoms with Gasteiger partial charge in [-0.1, -0.05) is 13.8 Å². The molecule has 0 saturated carbocycles. The van der Waals surface area contributed by atoms with E-state index >= 15 is 0 Å². The first-order chi connectivity index (χ1) is 8.68. The van der Waals surface area contributed by atoms with Gasteiger partial charge in [0.1, 0.15) is 10.6 Å². The molecular weight excluding hydrogens is 272 g/mol. The van der Waals surface area contributed by atoms with Crippen molar-refractivity contribution < 1.29 is 23.4 Å². The Morgan fingerprint density at radius 1 is 1.47 bits per heavy atom. The third-order valence-electron chi connectivity index (χ3n) is 2.73. The van der Waals surface area contributed by atoms with E-state index in [1.54, 1.807) is 0 Å². The predicted octanol–water partition coefficient (Wildman–Crippen LogP) is 0.400. The monoisotopic (exact) mass is 290 g/mol. The van der Waals surface area contributed by atoms with Gasteiger partial charge in [-0.05, 0) is 17.9 Å². The second-order valence-corrected chi connectivity index (χ2v) is 6.78. The zero-order valence-electron chi connectivity index (χ0n) is 10.8. The van der Waals surface area contributed by atoms with Crippen molar-refractivity contribution in [3.05, 3.63) is 18.0 Å². The number of nitrogens with one attached hydrogen (secondary N) is 2. The van der Waals surface area contributed by atoms with Crippen LogP contribution in [0.25, 0.3) is 0 Å². The van der Waals surface area contributed by atoms with Crippen LogP contribution in [-0.4, -0.2) is 42.7 Å². The summed E-state index contributed by atoms with van der Waals surface area (Å²) in [4.78, 5) is 12.9. The Labute approximate surface area is 111 Å². The summed E-state index contributed by atoms with van der Waals surface area (Å²) < 4.78 is 26.3. The molecule has 0 aromatic carbocycles. The van der Waals surface area contributed by atoms with E-state index in [0.717, 1.165) is 12.3 Å². The summed E-state index contributed by atoms with van der Waals surface area (Å²) >= 11 is 0. The highest BCUT2D eigenvalue weighted by molar-refractivity contribution is 7.89. The molecule has 0 fully saturated rings. The fourth-order valence-corrected chi connectivity index (χ4v) is 2.65. The van der Waals surface area contributed by atoms with Gasteiger partial charge < -0.3 is 15.2 Å². The van der Waals surface area contributed by atoms with Crippen LogP contribution in [0.1, 0.15) is 30.8 Å². The lowest BCUT2D eigenvalue weighted by atomic mass is 9.90. The summed E-state index contributed by atoms with van der Waals surface area (Å²) in [5.74, 6) is -1.22. The lowest BCUT2D eigenvalue weighted by Gasteiger charge is -2.23. The van der Waals surface area contributed by atoms with Crippen LogP contribution in [-0.2, 0) is 10.0 Å². The first kappa shape index (κ1) is 15.7. The number of carbonyl (C=O) groups is 1. The van der Waals surface area contributed by atoms with Crippen molar-refractivity contribution in [1.29, 1.82) is 0 Å².